The first kappa shape index (κ1) is 18.2. The van der Waals surface area contributed by atoms with E-state index in [0.717, 1.165) is 36.8 Å². The molecule has 0 radical (unpaired) electrons. The second-order valence-electron chi connectivity index (χ2n) is 6.68. The molecule has 0 aliphatic carbocycles. The fraction of sp³-hybridized carbons (Fsp3) is 0.529. The summed E-state index contributed by atoms with van der Waals surface area (Å²) in [6, 6.07) is 6.64. The van der Waals surface area contributed by atoms with Gasteiger partial charge in [0.15, 0.2) is 0 Å². The lowest BCUT2D eigenvalue weighted by molar-refractivity contribution is -1.01. The van der Waals surface area contributed by atoms with E-state index in [1.165, 1.54) is 4.90 Å². The van der Waals surface area contributed by atoms with E-state index in [9.17, 15) is 14.7 Å². The predicted octanol–water partition coefficient (Wildman–Crippen LogP) is -3.39. The van der Waals surface area contributed by atoms with Crippen LogP contribution in [0.15, 0.2) is 24.3 Å². The number of carbonyl (C=O) groups excluding carboxylic acids is 2. The summed E-state index contributed by atoms with van der Waals surface area (Å²) in [7, 11) is 5.98. The van der Waals surface area contributed by atoms with Crippen molar-refractivity contribution in [3.8, 4) is 0 Å². The smallest absolute Gasteiger partial charge is 0.230 e. The highest BCUT2D eigenvalue weighted by molar-refractivity contribution is 5.93. The zero-order valence-electron chi connectivity index (χ0n) is 14.6. The van der Waals surface area contributed by atoms with E-state index < -0.39 is 12.0 Å². The molecule has 7 heteroatoms. The van der Waals surface area contributed by atoms with Crippen molar-refractivity contribution < 1.29 is 24.5 Å². The summed E-state index contributed by atoms with van der Waals surface area (Å²) in [6.45, 7) is 3.31. The number of likely N-dealkylation sites (N-methyl/N-ethyl adjacent to an activating group) is 1. The highest BCUT2D eigenvalue weighted by Crippen LogP contribution is 2.15. The molecule has 7 nitrogen and oxygen atoms in total. The second kappa shape index (κ2) is 8.12. The van der Waals surface area contributed by atoms with Crippen LogP contribution in [0.2, 0.25) is 0 Å². The molecule has 1 aliphatic rings. The standard InChI is InChI=1S/C17H26N4O3/c1-19(2)14-6-4-13(5-7-14)18-16(22)12-15(17(23)24)21-10-8-20(3)9-11-21/h4-7,15H,8-12H2,1-3H3,(H,18,22)(H,23,24)/p+1/t15-/m0/s1. The highest BCUT2D eigenvalue weighted by atomic mass is 16.4. The Morgan fingerprint density at radius 3 is 2.25 bits per heavy atom. The van der Waals surface area contributed by atoms with Gasteiger partial charge in [-0.2, -0.15) is 0 Å². The predicted molar refractivity (Wildman–Crippen MR) is 90.1 cm³/mol. The molecule has 3 N–H and O–H groups in total. The number of hydrogen-bond donors (Lipinski definition) is 3. The zero-order chi connectivity index (χ0) is 17.7. The van der Waals surface area contributed by atoms with Gasteiger partial charge in [0, 0.05) is 25.5 Å². The number of amides is 1. The number of carbonyl (C=O) groups is 2. The van der Waals surface area contributed by atoms with Crippen LogP contribution in [0.3, 0.4) is 0 Å². The number of carboxylic acids is 1. The Bertz CT molecular complexity index is 566. The van der Waals surface area contributed by atoms with Crippen molar-refractivity contribution in [3.63, 3.8) is 0 Å². The summed E-state index contributed by atoms with van der Waals surface area (Å²) >= 11 is 0. The molecule has 1 aromatic carbocycles. The van der Waals surface area contributed by atoms with Gasteiger partial charge in [0.1, 0.15) is 32.2 Å². The number of rotatable bonds is 6. The fourth-order valence-corrected chi connectivity index (χ4v) is 2.98. The van der Waals surface area contributed by atoms with Crippen LogP contribution in [0.1, 0.15) is 6.42 Å². The van der Waals surface area contributed by atoms with Gasteiger partial charge in [0.2, 0.25) is 5.91 Å². The number of nitrogens with one attached hydrogen (secondary N) is 3. The van der Waals surface area contributed by atoms with Crippen molar-refractivity contribution >= 4 is 23.3 Å². The van der Waals surface area contributed by atoms with Crippen molar-refractivity contribution in [1.29, 1.82) is 0 Å². The lowest BCUT2D eigenvalue weighted by Gasteiger charge is -2.33. The minimum absolute atomic E-state index is 0.0633. The molecule has 1 saturated heterocycles. The molecule has 2 rings (SSSR count). The summed E-state index contributed by atoms with van der Waals surface area (Å²) in [5.41, 5.74) is 1.70. The molecule has 1 amide bonds. The Kier molecular flexibility index (Phi) is 6.16. The van der Waals surface area contributed by atoms with Crippen molar-refractivity contribution in [2.45, 2.75) is 12.5 Å². The molecule has 0 bridgehead atoms. The maximum absolute atomic E-state index is 12.2. The van der Waals surface area contributed by atoms with Crippen LogP contribution >= 0.6 is 0 Å². The average Bonchev–Trinajstić information content (AvgIpc) is 2.54. The van der Waals surface area contributed by atoms with Gasteiger partial charge in [-0.1, -0.05) is 0 Å². The molecule has 132 valence electrons. The molecule has 1 aliphatic heterocycles. The number of anilines is 2. The molecule has 1 aromatic rings. The van der Waals surface area contributed by atoms with Crippen LogP contribution in [0.25, 0.3) is 0 Å². The first-order chi connectivity index (χ1) is 11.4. The summed E-state index contributed by atoms with van der Waals surface area (Å²) < 4.78 is 0. The molecule has 0 aromatic heterocycles. The van der Waals surface area contributed by atoms with Crippen LogP contribution < -0.4 is 25.1 Å². The van der Waals surface area contributed by atoms with Gasteiger partial charge in [-0.15, -0.1) is 0 Å². The number of nitrogens with zero attached hydrogens (tertiary/aromatic N) is 1. The molecule has 1 heterocycles. The van der Waals surface area contributed by atoms with E-state index >= 15 is 0 Å². The molecule has 24 heavy (non-hydrogen) atoms. The summed E-state index contributed by atoms with van der Waals surface area (Å²) in [4.78, 5) is 28.0. The number of hydrogen-bond acceptors (Lipinski definition) is 4. The summed E-state index contributed by atoms with van der Waals surface area (Å²) in [5.74, 6) is -1.44. The van der Waals surface area contributed by atoms with E-state index in [1.807, 2.05) is 43.3 Å². The van der Waals surface area contributed by atoms with Gasteiger partial charge < -0.3 is 29.9 Å². The first-order valence-corrected chi connectivity index (χ1v) is 8.31. The quantitative estimate of drug-likeness (QED) is 0.507. The Labute approximate surface area is 142 Å². The lowest BCUT2D eigenvalue weighted by atomic mass is 10.1. The third-order valence-electron chi connectivity index (χ3n) is 4.58. The third kappa shape index (κ3) is 4.94. The van der Waals surface area contributed by atoms with Gasteiger partial charge in [0.25, 0.3) is 0 Å². The van der Waals surface area contributed by atoms with Crippen LogP contribution in [0, 0.1) is 0 Å². The van der Waals surface area contributed by atoms with Crippen LogP contribution in [-0.4, -0.2) is 65.2 Å². The Hall–Kier alpha value is -2.12. The van der Waals surface area contributed by atoms with Gasteiger partial charge in [0.05, 0.1) is 19.4 Å². The lowest BCUT2D eigenvalue weighted by Crippen LogP contribution is -3.29. The maximum atomic E-state index is 12.2. The first-order valence-electron chi connectivity index (χ1n) is 8.31. The van der Waals surface area contributed by atoms with Crippen molar-refractivity contribution in [3.05, 3.63) is 24.3 Å². The van der Waals surface area contributed by atoms with Gasteiger partial charge in [-0.05, 0) is 24.3 Å². The van der Waals surface area contributed by atoms with Gasteiger partial charge in [-0.3, -0.25) is 4.79 Å². The van der Waals surface area contributed by atoms with Crippen LogP contribution in [-0.2, 0) is 9.59 Å². The summed E-state index contributed by atoms with van der Waals surface area (Å²) in [5, 5.41) is 14.2. The maximum Gasteiger partial charge on any atom is 0.230 e. The monoisotopic (exact) mass is 335 g/mol. The SMILES string of the molecule is CN(C)c1ccc(NC(=O)C[C@@H](C(=O)[O-])[NH+]2CC[NH+](C)CC2)cc1. The number of carboxylic acid groups (broad SMARTS) is 1. The highest BCUT2D eigenvalue weighted by Gasteiger charge is 2.30. The molecule has 0 saturated carbocycles. The average molecular weight is 335 g/mol. The topological polar surface area (TPSA) is 81.3 Å². The summed E-state index contributed by atoms with van der Waals surface area (Å²) in [6.07, 6.45) is -0.0633. The van der Waals surface area contributed by atoms with Crippen molar-refractivity contribution in [1.82, 2.24) is 0 Å². The van der Waals surface area contributed by atoms with E-state index in [4.69, 9.17) is 0 Å². The molecule has 1 fully saturated rings. The van der Waals surface area contributed by atoms with Crippen molar-refractivity contribution in [2.75, 3.05) is 57.5 Å². The minimum Gasteiger partial charge on any atom is -0.544 e. The van der Waals surface area contributed by atoms with Gasteiger partial charge >= 0.3 is 0 Å². The van der Waals surface area contributed by atoms with E-state index in [-0.39, 0.29) is 12.3 Å². The second-order valence-corrected chi connectivity index (χ2v) is 6.68. The minimum atomic E-state index is -1.15. The van der Waals surface area contributed by atoms with E-state index in [0.29, 0.717) is 5.69 Å². The molecule has 0 unspecified atom stereocenters. The largest absolute Gasteiger partial charge is 0.544 e. The Balaban J connectivity index is 1.94. The number of piperazine rings is 1. The number of aliphatic carboxylic acids is 1. The molecular formula is C17H27N4O3+. The molecule has 0 spiro atoms. The van der Waals surface area contributed by atoms with Gasteiger partial charge in [-0.25, -0.2) is 0 Å². The number of quaternary nitrogens is 2. The zero-order valence-corrected chi connectivity index (χ0v) is 14.6. The number of benzene rings is 1. The van der Waals surface area contributed by atoms with Crippen LogP contribution in [0.5, 0.6) is 0 Å². The third-order valence-corrected chi connectivity index (χ3v) is 4.58. The van der Waals surface area contributed by atoms with E-state index in [2.05, 4.69) is 12.4 Å². The Morgan fingerprint density at radius 1 is 1.17 bits per heavy atom. The fourth-order valence-electron chi connectivity index (χ4n) is 2.98. The van der Waals surface area contributed by atoms with Crippen LogP contribution in [0.4, 0.5) is 11.4 Å². The molecular weight excluding hydrogens is 308 g/mol. The Morgan fingerprint density at radius 2 is 1.75 bits per heavy atom. The van der Waals surface area contributed by atoms with Crippen molar-refractivity contribution in [2.24, 2.45) is 0 Å². The normalized spacial score (nSPS) is 21.8. The molecule has 1 atom stereocenters. The van der Waals surface area contributed by atoms with E-state index in [1.54, 1.807) is 0 Å².